The number of ether oxygens (including phenoxy) is 2. The van der Waals surface area contributed by atoms with Gasteiger partial charge >= 0.3 is 0 Å². The summed E-state index contributed by atoms with van der Waals surface area (Å²) in [5, 5.41) is 6.70. The molecule has 0 saturated carbocycles. The van der Waals surface area contributed by atoms with Crippen molar-refractivity contribution >= 4 is 42.8 Å². The van der Waals surface area contributed by atoms with Crippen LogP contribution in [0.15, 0.2) is 22.9 Å². The van der Waals surface area contributed by atoms with E-state index in [0.29, 0.717) is 0 Å². The Kier molecular flexibility index (Phi) is 6.38. The summed E-state index contributed by atoms with van der Waals surface area (Å²) in [6, 6.07) is 4.35. The molecule has 0 atom stereocenters. The van der Waals surface area contributed by atoms with Crippen LogP contribution in [-0.4, -0.2) is 13.2 Å². The van der Waals surface area contributed by atoms with Crippen molar-refractivity contribution in [2.45, 2.75) is 52.4 Å². The number of rotatable bonds is 10. The van der Waals surface area contributed by atoms with E-state index in [1.54, 1.807) is 22.7 Å². The highest BCUT2D eigenvalue weighted by Gasteiger charge is 2.18. The minimum Gasteiger partial charge on any atom is -0.491 e. The number of thiophene rings is 2. The molecule has 2 nitrogen and oxygen atoms in total. The minimum atomic E-state index is 0.794. The fourth-order valence-corrected chi connectivity index (χ4v) is 4.72. The zero-order valence-corrected chi connectivity index (χ0v) is 16.2. The van der Waals surface area contributed by atoms with Crippen LogP contribution in [-0.2, 0) is 0 Å². The molecule has 3 rings (SSSR count). The van der Waals surface area contributed by atoms with Crippen molar-refractivity contribution in [2.75, 3.05) is 13.2 Å². The zero-order chi connectivity index (χ0) is 16.8. The van der Waals surface area contributed by atoms with E-state index in [2.05, 4.69) is 36.7 Å². The van der Waals surface area contributed by atoms with Crippen LogP contribution in [0.4, 0.5) is 0 Å². The van der Waals surface area contributed by atoms with Gasteiger partial charge in [0.2, 0.25) is 0 Å². The van der Waals surface area contributed by atoms with E-state index in [-0.39, 0.29) is 0 Å². The lowest BCUT2D eigenvalue weighted by molar-refractivity contribution is 0.309. The number of unbranched alkanes of at least 4 members (excludes halogenated alkanes) is 4. The molecule has 4 heteroatoms. The first-order chi connectivity index (χ1) is 11.9. The Morgan fingerprint density at radius 1 is 0.708 bits per heavy atom. The molecule has 0 spiro atoms. The monoisotopic (exact) mass is 362 g/mol. The molecule has 1 aromatic carbocycles. The Morgan fingerprint density at radius 3 is 1.58 bits per heavy atom. The molecule has 2 heterocycles. The molecular formula is C20H26O2S2. The lowest BCUT2D eigenvalue weighted by Gasteiger charge is -2.13. The van der Waals surface area contributed by atoms with E-state index in [1.165, 1.54) is 45.9 Å². The van der Waals surface area contributed by atoms with Gasteiger partial charge in [-0.3, -0.25) is 0 Å². The van der Waals surface area contributed by atoms with Crippen LogP contribution in [0.2, 0.25) is 0 Å². The Hall–Kier alpha value is -1.26. The van der Waals surface area contributed by atoms with Gasteiger partial charge in [-0.25, -0.2) is 0 Å². The predicted octanol–water partition coefficient (Wildman–Crippen LogP) is 7.25. The van der Waals surface area contributed by atoms with Crippen LogP contribution in [0.25, 0.3) is 20.2 Å². The molecule has 0 aliphatic rings. The first kappa shape index (κ1) is 17.6. The largest absolute Gasteiger partial charge is 0.491 e. The standard InChI is InChI=1S/C20H26O2S2/c1-3-5-7-11-21-17-15-9-13-24-20(15)18(22-12-8-6-4-2)16-10-14-23-19(16)17/h9-10,13-14H,3-8,11-12H2,1-2H3. The maximum absolute atomic E-state index is 6.21. The molecule has 0 aliphatic carbocycles. The maximum atomic E-state index is 6.21. The molecule has 3 aromatic rings. The molecule has 0 aliphatic heterocycles. The summed E-state index contributed by atoms with van der Waals surface area (Å²) in [7, 11) is 0. The van der Waals surface area contributed by atoms with Gasteiger partial charge in [0.05, 0.1) is 22.6 Å². The van der Waals surface area contributed by atoms with Crippen molar-refractivity contribution in [1.82, 2.24) is 0 Å². The van der Waals surface area contributed by atoms with Gasteiger partial charge in [-0.15, -0.1) is 22.7 Å². The lowest BCUT2D eigenvalue weighted by Crippen LogP contribution is -2.00. The van der Waals surface area contributed by atoms with Gasteiger partial charge in [-0.2, -0.15) is 0 Å². The molecule has 0 bridgehead atoms. The fraction of sp³-hybridized carbons (Fsp3) is 0.500. The first-order valence-corrected chi connectivity index (χ1v) is 10.8. The quantitative estimate of drug-likeness (QED) is 0.353. The van der Waals surface area contributed by atoms with E-state index in [4.69, 9.17) is 9.47 Å². The lowest BCUT2D eigenvalue weighted by atomic mass is 10.1. The number of fused-ring (bicyclic) bond motifs is 2. The first-order valence-electron chi connectivity index (χ1n) is 9.02. The molecule has 2 aromatic heterocycles. The van der Waals surface area contributed by atoms with Crippen molar-refractivity contribution in [3.63, 3.8) is 0 Å². The van der Waals surface area contributed by atoms with Gasteiger partial charge in [-0.05, 0) is 35.7 Å². The van der Waals surface area contributed by atoms with Crippen LogP contribution in [0.5, 0.6) is 11.5 Å². The average molecular weight is 363 g/mol. The number of hydrogen-bond donors (Lipinski definition) is 0. The Labute approximate surface area is 152 Å². The summed E-state index contributed by atoms with van der Waals surface area (Å²) >= 11 is 3.51. The van der Waals surface area contributed by atoms with Gasteiger partial charge in [0.15, 0.2) is 0 Å². The predicted molar refractivity (Wildman–Crippen MR) is 107 cm³/mol. The van der Waals surface area contributed by atoms with Crippen LogP contribution in [0.3, 0.4) is 0 Å². The molecule has 0 fully saturated rings. The van der Waals surface area contributed by atoms with Gasteiger partial charge in [0.25, 0.3) is 0 Å². The smallest absolute Gasteiger partial charge is 0.146 e. The van der Waals surface area contributed by atoms with Gasteiger partial charge < -0.3 is 9.47 Å². The van der Waals surface area contributed by atoms with Crippen LogP contribution in [0.1, 0.15) is 52.4 Å². The summed E-state index contributed by atoms with van der Waals surface area (Å²) in [6.45, 7) is 6.03. The van der Waals surface area contributed by atoms with Gasteiger partial charge in [0, 0.05) is 10.8 Å². The second kappa shape index (κ2) is 8.72. The SMILES string of the molecule is CCCCCOc1c2ccsc2c(OCCCCC)c2ccsc12. The summed E-state index contributed by atoms with van der Waals surface area (Å²) < 4.78 is 14.9. The van der Waals surface area contributed by atoms with Crippen molar-refractivity contribution in [3.8, 4) is 11.5 Å². The topological polar surface area (TPSA) is 18.5 Å². The number of benzene rings is 1. The Morgan fingerprint density at radius 2 is 1.17 bits per heavy atom. The highest BCUT2D eigenvalue weighted by molar-refractivity contribution is 7.19. The van der Waals surface area contributed by atoms with Gasteiger partial charge in [0.1, 0.15) is 11.5 Å². The highest BCUT2D eigenvalue weighted by atomic mass is 32.1. The second-order valence-electron chi connectivity index (χ2n) is 6.10. The summed E-state index contributed by atoms with van der Waals surface area (Å²) in [5.41, 5.74) is 0. The molecule has 130 valence electrons. The second-order valence-corrected chi connectivity index (χ2v) is 7.93. The third kappa shape index (κ3) is 3.70. The van der Waals surface area contributed by atoms with E-state index in [0.717, 1.165) is 37.6 Å². The summed E-state index contributed by atoms with van der Waals surface area (Å²) in [4.78, 5) is 0. The zero-order valence-electron chi connectivity index (χ0n) is 14.6. The van der Waals surface area contributed by atoms with Crippen LogP contribution < -0.4 is 9.47 Å². The Balaban J connectivity index is 1.91. The molecule has 0 radical (unpaired) electrons. The van der Waals surface area contributed by atoms with E-state index in [9.17, 15) is 0 Å². The third-order valence-electron chi connectivity index (χ3n) is 4.22. The van der Waals surface area contributed by atoms with Crippen molar-refractivity contribution in [3.05, 3.63) is 22.9 Å². The molecule has 0 N–H and O–H groups in total. The molecule has 0 saturated heterocycles. The van der Waals surface area contributed by atoms with E-state index in [1.807, 2.05) is 0 Å². The number of hydrogen-bond acceptors (Lipinski definition) is 4. The van der Waals surface area contributed by atoms with Crippen molar-refractivity contribution in [1.29, 1.82) is 0 Å². The molecule has 24 heavy (non-hydrogen) atoms. The van der Waals surface area contributed by atoms with E-state index < -0.39 is 0 Å². The van der Waals surface area contributed by atoms with Crippen LogP contribution >= 0.6 is 22.7 Å². The third-order valence-corrected chi connectivity index (χ3v) is 6.05. The van der Waals surface area contributed by atoms with Crippen LogP contribution in [0, 0.1) is 0 Å². The molecule has 0 amide bonds. The minimum absolute atomic E-state index is 0.794. The average Bonchev–Trinajstić information content (AvgIpc) is 3.25. The normalized spacial score (nSPS) is 11.4. The highest BCUT2D eigenvalue weighted by Crippen LogP contribution is 2.47. The van der Waals surface area contributed by atoms with E-state index >= 15 is 0 Å². The maximum Gasteiger partial charge on any atom is 0.146 e. The summed E-state index contributed by atoms with van der Waals surface area (Å²) in [6.07, 6.45) is 7.11. The molecular weight excluding hydrogens is 336 g/mol. The van der Waals surface area contributed by atoms with Gasteiger partial charge in [-0.1, -0.05) is 39.5 Å². The molecule has 0 unspecified atom stereocenters. The van der Waals surface area contributed by atoms with Crippen molar-refractivity contribution in [2.24, 2.45) is 0 Å². The van der Waals surface area contributed by atoms with Crippen molar-refractivity contribution < 1.29 is 9.47 Å². The Bertz CT molecular complexity index is 660. The summed E-state index contributed by atoms with van der Waals surface area (Å²) in [5.74, 6) is 2.10. The fourth-order valence-electron chi connectivity index (χ4n) is 2.91.